The van der Waals surface area contributed by atoms with E-state index in [1.54, 1.807) is 42.5 Å². The lowest BCUT2D eigenvalue weighted by Crippen LogP contribution is -2.63. The highest BCUT2D eigenvalue weighted by atomic mass is 32.2. The van der Waals surface area contributed by atoms with Gasteiger partial charge in [0.25, 0.3) is 20.0 Å². The summed E-state index contributed by atoms with van der Waals surface area (Å²) < 4.78 is 86.2. The molecule has 15 heteroatoms. The average molecular weight is 711 g/mol. The van der Waals surface area contributed by atoms with E-state index in [0.29, 0.717) is 0 Å². The van der Waals surface area contributed by atoms with E-state index in [0.717, 1.165) is 0 Å². The number of carbonyl (C=O) groups is 3. The molecule has 0 amide bonds. The molecular formula is C34H30O13S2. The van der Waals surface area contributed by atoms with Crippen LogP contribution in [0.3, 0.4) is 0 Å². The maximum absolute atomic E-state index is 13.4. The number of rotatable bonds is 11. The molecule has 4 aromatic carbocycles. The molecule has 5 atom stereocenters. The van der Waals surface area contributed by atoms with Gasteiger partial charge in [-0.1, -0.05) is 72.8 Å². The number of methoxy groups -OCH3 is 1. The van der Waals surface area contributed by atoms with Crippen molar-refractivity contribution in [3.05, 3.63) is 132 Å². The van der Waals surface area contributed by atoms with Crippen molar-refractivity contribution in [3.8, 4) is 0 Å². The molecule has 13 nitrogen and oxygen atoms in total. The molecule has 4 aromatic rings. The monoisotopic (exact) mass is 710 g/mol. The molecule has 0 aromatic heterocycles. The summed E-state index contributed by atoms with van der Waals surface area (Å²) in [6.45, 7) is -0.876. The van der Waals surface area contributed by atoms with E-state index in [4.69, 9.17) is 27.9 Å². The first-order valence-corrected chi connectivity index (χ1v) is 17.6. The summed E-state index contributed by atoms with van der Waals surface area (Å²) >= 11 is 0. The van der Waals surface area contributed by atoms with Crippen LogP contribution in [-0.4, -0.2) is 78.5 Å². The Morgan fingerprint density at radius 2 is 1.04 bits per heavy atom. The first-order chi connectivity index (χ1) is 23.5. The van der Waals surface area contributed by atoms with Crippen LogP contribution in [0.25, 0.3) is 0 Å². The predicted molar refractivity (Wildman–Crippen MR) is 170 cm³/mol. The van der Waals surface area contributed by atoms with Crippen molar-refractivity contribution in [2.75, 3.05) is 13.7 Å². The smallest absolute Gasteiger partial charge is 0.430 e. The third-order valence-electron chi connectivity index (χ3n) is 7.25. The first kappa shape index (κ1) is 35.4. The van der Waals surface area contributed by atoms with E-state index < -0.39 is 79.4 Å². The molecular weight excluding hydrogens is 680 g/mol. The van der Waals surface area contributed by atoms with Gasteiger partial charge in [0, 0.05) is 7.11 Å². The predicted octanol–water partition coefficient (Wildman–Crippen LogP) is 4.19. The summed E-state index contributed by atoms with van der Waals surface area (Å²) in [4.78, 5) is 39.5. The summed E-state index contributed by atoms with van der Waals surface area (Å²) in [5.74, 6) is -1.90. The van der Waals surface area contributed by atoms with E-state index >= 15 is 0 Å². The number of ether oxygens (including phenoxy) is 5. The Kier molecular flexibility index (Phi) is 11.2. The van der Waals surface area contributed by atoms with Gasteiger partial charge in [0.2, 0.25) is 0 Å². The minimum Gasteiger partial charge on any atom is -0.450 e. The standard InChI is InChI=1S/C34H30O13S2/c1-42-33-30(46-32(36)24-16-8-3-9-17-24)29(45-31(35)23-14-6-2-7-15-23)28(47-34(37)48(38,39)25-18-10-4-11-19-25)27(44-33)22-43-49(40,41)26-20-12-5-13-21-26/h2-21,27-30,33H,22H2,1H3/t27-,28-,29+,30-,33-/m1/s1. The lowest BCUT2D eigenvalue weighted by atomic mass is 9.98. The third-order valence-corrected chi connectivity index (χ3v) is 9.98. The van der Waals surface area contributed by atoms with Crippen LogP contribution < -0.4 is 0 Å². The summed E-state index contributed by atoms with van der Waals surface area (Å²) in [5.41, 5.74) is 0.127. The SMILES string of the molecule is CO[C@@H]1O[C@H](COS(=O)(=O)c2ccccc2)[C@@H](OC(=O)S(=O)(=O)c2ccccc2)[C@H](OC(=O)c2ccccc2)[C@H]1OC(=O)c1ccccc1. The molecule has 1 saturated heterocycles. The number of carbonyl (C=O) groups excluding carboxylic acids is 3. The number of hydrogen-bond acceptors (Lipinski definition) is 13. The molecule has 0 aliphatic carbocycles. The molecule has 1 fully saturated rings. The summed E-state index contributed by atoms with van der Waals surface area (Å²) in [6, 6.07) is 29.1. The van der Waals surface area contributed by atoms with Gasteiger partial charge in [0.1, 0.15) is 6.10 Å². The minimum atomic E-state index is -4.81. The fourth-order valence-corrected chi connectivity index (χ4v) is 6.70. The zero-order valence-corrected chi connectivity index (χ0v) is 27.4. The highest BCUT2D eigenvalue weighted by molar-refractivity contribution is 8.05. The summed E-state index contributed by atoms with van der Waals surface area (Å²) in [6.07, 6.45) is -8.63. The van der Waals surface area contributed by atoms with Gasteiger partial charge in [0.15, 0.2) is 24.6 Å². The van der Waals surface area contributed by atoms with E-state index in [1.807, 2.05) is 0 Å². The van der Waals surface area contributed by atoms with Crippen molar-refractivity contribution in [1.29, 1.82) is 0 Å². The fourth-order valence-electron chi connectivity index (χ4n) is 4.82. The molecule has 0 spiro atoms. The van der Waals surface area contributed by atoms with Gasteiger partial charge < -0.3 is 23.7 Å². The second-order valence-electron chi connectivity index (χ2n) is 10.5. The van der Waals surface area contributed by atoms with Crippen molar-refractivity contribution >= 4 is 37.2 Å². The summed E-state index contributed by atoms with van der Waals surface area (Å²) in [7, 11) is -8.07. The van der Waals surface area contributed by atoms with E-state index in [9.17, 15) is 31.2 Å². The normalized spacial score (nSPS) is 20.9. The third kappa shape index (κ3) is 8.39. The van der Waals surface area contributed by atoms with Gasteiger partial charge in [-0.2, -0.15) is 8.42 Å². The largest absolute Gasteiger partial charge is 0.450 e. The molecule has 1 aliphatic heterocycles. The first-order valence-electron chi connectivity index (χ1n) is 14.7. The lowest BCUT2D eigenvalue weighted by molar-refractivity contribution is -0.289. The van der Waals surface area contributed by atoms with Crippen molar-refractivity contribution in [2.24, 2.45) is 0 Å². The average Bonchev–Trinajstić information content (AvgIpc) is 3.13. The highest BCUT2D eigenvalue weighted by Crippen LogP contribution is 2.32. The molecule has 0 bridgehead atoms. The van der Waals surface area contributed by atoms with Crippen molar-refractivity contribution in [1.82, 2.24) is 0 Å². The van der Waals surface area contributed by atoms with Gasteiger partial charge in [0.05, 0.1) is 27.5 Å². The van der Waals surface area contributed by atoms with E-state index in [2.05, 4.69) is 0 Å². The van der Waals surface area contributed by atoms with Crippen LogP contribution in [0.2, 0.25) is 0 Å². The Morgan fingerprint density at radius 3 is 1.53 bits per heavy atom. The number of sulfone groups is 1. The number of hydrogen-bond donors (Lipinski definition) is 0. The Morgan fingerprint density at radius 1 is 0.592 bits per heavy atom. The van der Waals surface area contributed by atoms with Gasteiger partial charge in [-0.25, -0.2) is 22.8 Å². The van der Waals surface area contributed by atoms with Gasteiger partial charge in [-0.3, -0.25) is 4.18 Å². The molecule has 0 radical (unpaired) electrons. The van der Waals surface area contributed by atoms with Gasteiger partial charge >= 0.3 is 17.2 Å². The fraction of sp³-hybridized carbons (Fsp3) is 0.206. The maximum atomic E-state index is 13.4. The van der Waals surface area contributed by atoms with Crippen LogP contribution in [0, 0.1) is 0 Å². The molecule has 0 N–H and O–H groups in total. The number of benzene rings is 4. The van der Waals surface area contributed by atoms with E-state index in [1.165, 1.54) is 86.0 Å². The van der Waals surface area contributed by atoms with Gasteiger partial charge in [-0.15, -0.1) is 0 Å². The second-order valence-corrected chi connectivity index (χ2v) is 13.9. The Hall–Kier alpha value is -4.93. The quantitative estimate of drug-likeness (QED) is 0.123. The van der Waals surface area contributed by atoms with Gasteiger partial charge in [-0.05, 0) is 48.5 Å². The molecule has 49 heavy (non-hydrogen) atoms. The Balaban J connectivity index is 1.56. The maximum Gasteiger partial charge on any atom is 0.430 e. The zero-order valence-electron chi connectivity index (χ0n) is 25.8. The molecule has 5 rings (SSSR count). The van der Waals surface area contributed by atoms with Crippen LogP contribution in [0.1, 0.15) is 20.7 Å². The van der Waals surface area contributed by atoms with Crippen LogP contribution >= 0.6 is 0 Å². The molecule has 1 heterocycles. The topological polar surface area (TPSA) is 175 Å². The van der Waals surface area contributed by atoms with Crippen LogP contribution in [0.4, 0.5) is 4.79 Å². The molecule has 1 aliphatic rings. The Labute approximate surface area is 282 Å². The van der Waals surface area contributed by atoms with Crippen LogP contribution in [0.5, 0.6) is 0 Å². The number of esters is 2. The van der Waals surface area contributed by atoms with Crippen LogP contribution in [-0.2, 0) is 47.8 Å². The van der Waals surface area contributed by atoms with E-state index in [-0.39, 0.29) is 16.0 Å². The second kappa shape index (κ2) is 15.5. The lowest BCUT2D eigenvalue weighted by Gasteiger charge is -2.43. The highest BCUT2D eigenvalue weighted by Gasteiger charge is 2.54. The minimum absolute atomic E-state index is 0.0394. The Bertz CT molecular complexity index is 1960. The summed E-state index contributed by atoms with van der Waals surface area (Å²) in [5, 5.41) is -1.78. The zero-order chi connectivity index (χ0) is 35.0. The van der Waals surface area contributed by atoms with Crippen molar-refractivity contribution < 1.29 is 59.1 Å². The van der Waals surface area contributed by atoms with Crippen molar-refractivity contribution in [3.63, 3.8) is 0 Å². The molecule has 0 unspecified atom stereocenters. The molecule has 0 saturated carbocycles. The molecule has 256 valence electrons. The van der Waals surface area contributed by atoms with Crippen molar-refractivity contribution in [2.45, 2.75) is 40.5 Å². The van der Waals surface area contributed by atoms with Crippen LogP contribution in [0.15, 0.2) is 131 Å².